The predicted molar refractivity (Wildman–Crippen MR) is 106 cm³/mol. The number of ether oxygens (including phenoxy) is 1. The molecule has 27 heavy (non-hydrogen) atoms. The highest BCUT2D eigenvalue weighted by Crippen LogP contribution is 2.16. The van der Waals surface area contributed by atoms with Gasteiger partial charge in [0, 0.05) is 13.1 Å². The van der Waals surface area contributed by atoms with Crippen molar-refractivity contribution in [3.05, 3.63) is 65.7 Å². The third-order valence-electron chi connectivity index (χ3n) is 4.43. The van der Waals surface area contributed by atoms with Crippen molar-refractivity contribution in [1.82, 2.24) is 10.2 Å². The Morgan fingerprint density at radius 2 is 1.70 bits per heavy atom. The van der Waals surface area contributed by atoms with Gasteiger partial charge in [0.25, 0.3) is 0 Å². The number of nitrogens with zero attached hydrogens (tertiary/aromatic N) is 1. The zero-order valence-corrected chi connectivity index (χ0v) is 16.3. The second-order valence-corrected chi connectivity index (χ2v) is 6.50. The normalized spacial score (nSPS) is 11.5. The Labute approximate surface area is 161 Å². The molecule has 0 unspecified atom stereocenters. The summed E-state index contributed by atoms with van der Waals surface area (Å²) in [6.45, 7) is 4.75. The molecule has 0 aromatic heterocycles. The van der Waals surface area contributed by atoms with Gasteiger partial charge >= 0.3 is 0 Å². The van der Waals surface area contributed by atoms with Crippen LogP contribution in [0.4, 0.5) is 0 Å². The smallest absolute Gasteiger partial charge is 0.242 e. The van der Waals surface area contributed by atoms with E-state index in [0.717, 1.165) is 23.3 Å². The highest BCUT2D eigenvalue weighted by atomic mass is 16.5. The van der Waals surface area contributed by atoms with E-state index in [9.17, 15) is 9.59 Å². The topological polar surface area (TPSA) is 58.6 Å². The van der Waals surface area contributed by atoms with Gasteiger partial charge in [-0.1, -0.05) is 49.4 Å². The van der Waals surface area contributed by atoms with Crippen molar-refractivity contribution in [1.29, 1.82) is 0 Å². The minimum Gasteiger partial charge on any atom is -0.497 e. The summed E-state index contributed by atoms with van der Waals surface area (Å²) in [5, 5.41) is 2.88. The van der Waals surface area contributed by atoms with Gasteiger partial charge in [-0.15, -0.1) is 0 Å². The summed E-state index contributed by atoms with van der Waals surface area (Å²) in [7, 11) is 1.62. The summed E-state index contributed by atoms with van der Waals surface area (Å²) >= 11 is 0. The molecule has 2 aromatic rings. The maximum absolute atomic E-state index is 13.0. The van der Waals surface area contributed by atoms with E-state index in [1.165, 1.54) is 0 Å². The monoisotopic (exact) mass is 368 g/mol. The van der Waals surface area contributed by atoms with Gasteiger partial charge in [-0.05, 0) is 36.6 Å². The van der Waals surface area contributed by atoms with Crippen molar-refractivity contribution in [3.63, 3.8) is 0 Å². The fourth-order valence-electron chi connectivity index (χ4n) is 2.78. The number of methoxy groups -OCH3 is 1. The van der Waals surface area contributed by atoms with Gasteiger partial charge in [0.05, 0.1) is 13.5 Å². The Bertz CT molecular complexity index is 729. The zero-order chi connectivity index (χ0) is 19.6. The SMILES string of the molecule is CCCNC(=O)[C@H](C)N(Cc1ccc(OC)cc1)C(=O)Cc1ccccc1. The van der Waals surface area contributed by atoms with Gasteiger partial charge in [-0.2, -0.15) is 0 Å². The van der Waals surface area contributed by atoms with Crippen LogP contribution in [0.2, 0.25) is 0 Å². The van der Waals surface area contributed by atoms with E-state index in [1.807, 2.05) is 61.5 Å². The first kappa shape index (κ1) is 20.5. The van der Waals surface area contributed by atoms with E-state index in [1.54, 1.807) is 18.9 Å². The lowest BCUT2D eigenvalue weighted by atomic mass is 10.1. The number of amides is 2. The van der Waals surface area contributed by atoms with Crippen LogP contribution in [0.15, 0.2) is 54.6 Å². The van der Waals surface area contributed by atoms with Crippen LogP contribution in [0, 0.1) is 0 Å². The van der Waals surface area contributed by atoms with Gasteiger partial charge in [-0.3, -0.25) is 9.59 Å². The minimum absolute atomic E-state index is 0.0730. The molecule has 1 N–H and O–H groups in total. The number of nitrogens with one attached hydrogen (secondary N) is 1. The van der Waals surface area contributed by atoms with E-state index < -0.39 is 6.04 Å². The van der Waals surface area contributed by atoms with Crippen molar-refractivity contribution in [2.45, 2.75) is 39.3 Å². The zero-order valence-electron chi connectivity index (χ0n) is 16.3. The molecule has 144 valence electrons. The molecule has 5 nitrogen and oxygen atoms in total. The summed E-state index contributed by atoms with van der Waals surface area (Å²) in [5.41, 5.74) is 1.88. The Morgan fingerprint density at radius 3 is 2.30 bits per heavy atom. The molecule has 0 radical (unpaired) electrons. The molecular formula is C22H28N2O3. The minimum atomic E-state index is -0.546. The number of rotatable bonds is 9. The van der Waals surface area contributed by atoms with Crippen molar-refractivity contribution >= 4 is 11.8 Å². The van der Waals surface area contributed by atoms with Crippen LogP contribution in [-0.4, -0.2) is 36.4 Å². The number of carbonyl (C=O) groups excluding carboxylic acids is 2. The van der Waals surface area contributed by atoms with Crippen molar-refractivity contribution < 1.29 is 14.3 Å². The van der Waals surface area contributed by atoms with E-state index in [-0.39, 0.29) is 18.2 Å². The molecule has 0 heterocycles. The summed E-state index contributed by atoms with van der Waals surface area (Å²) in [5.74, 6) is 0.553. The first-order chi connectivity index (χ1) is 13.0. The van der Waals surface area contributed by atoms with Crippen LogP contribution in [0.5, 0.6) is 5.75 Å². The third kappa shape index (κ3) is 6.13. The van der Waals surface area contributed by atoms with Gasteiger partial charge in [0.15, 0.2) is 0 Å². The van der Waals surface area contributed by atoms with E-state index in [2.05, 4.69) is 5.32 Å². The standard InChI is InChI=1S/C22H28N2O3/c1-4-14-23-22(26)17(2)24(16-19-10-12-20(27-3)13-11-19)21(25)15-18-8-6-5-7-9-18/h5-13,17H,4,14-16H2,1-3H3,(H,23,26)/t17-/m0/s1. The summed E-state index contributed by atoms with van der Waals surface area (Å²) < 4.78 is 5.19. The molecule has 0 saturated carbocycles. The predicted octanol–water partition coefficient (Wildman–Crippen LogP) is 3.18. The molecule has 0 spiro atoms. The van der Waals surface area contributed by atoms with Gasteiger partial charge in [0.1, 0.15) is 11.8 Å². The summed E-state index contributed by atoms with van der Waals surface area (Å²) in [4.78, 5) is 27.1. The third-order valence-corrected chi connectivity index (χ3v) is 4.43. The van der Waals surface area contributed by atoms with Crippen LogP contribution in [0.3, 0.4) is 0 Å². The average Bonchev–Trinajstić information content (AvgIpc) is 2.70. The van der Waals surface area contributed by atoms with Gasteiger partial charge in [0.2, 0.25) is 11.8 Å². The van der Waals surface area contributed by atoms with Crippen LogP contribution >= 0.6 is 0 Å². The highest BCUT2D eigenvalue weighted by Gasteiger charge is 2.25. The molecule has 1 atom stereocenters. The lowest BCUT2D eigenvalue weighted by Gasteiger charge is -2.29. The highest BCUT2D eigenvalue weighted by molar-refractivity contribution is 5.88. The quantitative estimate of drug-likeness (QED) is 0.740. The molecular weight excluding hydrogens is 340 g/mol. The van der Waals surface area contributed by atoms with E-state index in [0.29, 0.717) is 13.1 Å². The first-order valence-corrected chi connectivity index (χ1v) is 9.29. The number of benzene rings is 2. The van der Waals surface area contributed by atoms with Crippen LogP contribution in [0.1, 0.15) is 31.4 Å². The van der Waals surface area contributed by atoms with Crippen LogP contribution in [-0.2, 0) is 22.6 Å². The molecule has 0 aliphatic rings. The lowest BCUT2D eigenvalue weighted by molar-refractivity contribution is -0.140. The molecule has 2 rings (SSSR count). The maximum atomic E-state index is 13.0. The van der Waals surface area contributed by atoms with E-state index >= 15 is 0 Å². The average molecular weight is 368 g/mol. The van der Waals surface area contributed by atoms with Gasteiger partial charge in [-0.25, -0.2) is 0 Å². The van der Waals surface area contributed by atoms with E-state index in [4.69, 9.17) is 4.74 Å². The van der Waals surface area contributed by atoms with Crippen molar-refractivity contribution in [2.24, 2.45) is 0 Å². The van der Waals surface area contributed by atoms with Crippen LogP contribution in [0.25, 0.3) is 0 Å². The number of carbonyl (C=O) groups is 2. The fourth-order valence-corrected chi connectivity index (χ4v) is 2.78. The van der Waals surface area contributed by atoms with Crippen molar-refractivity contribution in [3.8, 4) is 5.75 Å². The summed E-state index contributed by atoms with van der Waals surface area (Å²) in [6, 6.07) is 16.6. The number of hydrogen-bond donors (Lipinski definition) is 1. The Morgan fingerprint density at radius 1 is 1.04 bits per heavy atom. The molecule has 0 aliphatic carbocycles. The molecule has 2 aromatic carbocycles. The molecule has 2 amide bonds. The molecule has 0 fully saturated rings. The molecule has 5 heteroatoms. The molecule has 0 aliphatic heterocycles. The van der Waals surface area contributed by atoms with Gasteiger partial charge < -0.3 is 15.0 Å². The second-order valence-electron chi connectivity index (χ2n) is 6.50. The number of hydrogen-bond acceptors (Lipinski definition) is 3. The lowest BCUT2D eigenvalue weighted by Crippen LogP contribution is -2.48. The second kappa shape index (κ2) is 10.4. The van der Waals surface area contributed by atoms with Crippen molar-refractivity contribution in [2.75, 3.05) is 13.7 Å². The Hall–Kier alpha value is -2.82. The first-order valence-electron chi connectivity index (χ1n) is 9.29. The largest absolute Gasteiger partial charge is 0.497 e. The molecule has 0 bridgehead atoms. The Balaban J connectivity index is 2.17. The maximum Gasteiger partial charge on any atom is 0.242 e. The van der Waals surface area contributed by atoms with Crippen LogP contribution < -0.4 is 10.1 Å². The Kier molecular flexibility index (Phi) is 7.86. The molecule has 0 saturated heterocycles. The fraction of sp³-hybridized carbons (Fsp3) is 0.364. The summed E-state index contributed by atoms with van der Waals surface area (Å²) in [6.07, 6.45) is 1.12.